The summed E-state index contributed by atoms with van der Waals surface area (Å²) in [5, 5.41) is 0. The van der Waals surface area contributed by atoms with Crippen LogP contribution in [0.1, 0.15) is 6.92 Å². The fourth-order valence-electron chi connectivity index (χ4n) is 2.07. The smallest absolute Gasteiger partial charge is 0.265 e. The van der Waals surface area contributed by atoms with Crippen LogP contribution in [0.3, 0.4) is 0 Å². The number of benzene rings is 1. The first-order valence-electron chi connectivity index (χ1n) is 5.77. The van der Waals surface area contributed by atoms with Gasteiger partial charge in [0.25, 0.3) is 9.05 Å². The summed E-state index contributed by atoms with van der Waals surface area (Å²) in [5.74, 6) is -1.65. The molecule has 1 heterocycles. The number of methoxy groups -OCH3 is 1. The van der Waals surface area contributed by atoms with Crippen molar-refractivity contribution in [1.29, 1.82) is 0 Å². The van der Waals surface area contributed by atoms with Crippen molar-refractivity contribution in [2.75, 3.05) is 17.2 Å². The average molecular weight is 354 g/mol. The van der Waals surface area contributed by atoms with Crippen LogP contribution in [0.2, 0.25) is 0 Å². The van der Waals surface area contributed by atoms with Gasteiger partial charge in [-0.3, -0.25) is 4.79 Å². The Balaban J connectivity index is 2.64. The zero-order chi connectivity index (χ0) is 16.0. The first-order valence-corrected chi connectivity index (χ1v) is 9.69. The number of halogens is 1. The summed E-state index contributed by atoms with van der Waals surface area (Å²) < 4.78 is 52.5. The van der Waals surface area contributed by atoms with Crippen LogP contribution >= 0.6 is 10.7 Å². The van der Waals surface area contributed by atoms with E-state index in [0.29, 0.717) is 4.31 Å². The number of amides is 1. The molecule has 1 aromatic carbocycles. The Morgan fingerprint density at radius 1 is 1.38 bits per heavy atom. The molecule has 1 saturated heterocycles. The van der Waals surface area contributed by atoms with Gasteiger partial charge in [0, 0.05) is 10.7 Å². The lowest BCUT2D eigenvalue weighted by molar-refractivity contribution is -0.119. The number of carbonyl (C=O) groups is 1. The average Bonchev–Trinajstić information content (AvgIpc) is 2.56. The first-order chi connectivity index (χ1) is 9.58. The molecule has 0 saturated carbocycles. The number of carbonyl (C=O) groups excluding carboxylic acids is 1. The Morgan fingerprint density at radius 2 is 2.00 bits per heavy atom. The molecule has 21 heavy (non-hydrogen) atoms. The van der Waals surface area contributed by atoms with E-state index < -0.39 is 35.8 Å². The highest BCUT2D eigenvalue weighted by Gasteiger charge is 2.42. The van der Waals surface area contributed by atoms with E-state index in [4.69, 9.17) is 15.4 Å². The molecule has 116 valence electrons. The van der Waals surface area contributed by atoms with Gasteiger partial charge in [0.05, 0.1) is 24.5 Å². The minimum atomic E-state index is -4.15. The maximum absolute atomic E-state index is 12.0. The van der Waals surface area contributed by atoms with Gasteiger partial charge in [0.15, 0.2) is 0 Å². The highest BCUT2D eigenvalue weighted by molar-refractivity contribution is 8.13. The van der Waals surface area contributed by atoms with E-state index in [2.05, 4.69) is 0 Å². The molecule has 0 aliphatic carbocycles. The molecule has 1 amide bonds. The number of sulfonamides is 1. The van der Waals surface area contributed by atoms with Crippen LogP contribution in [-0.4, -0.2) is 35.6 Å². The van der Waals surface area contributed by atoms with Crippen LogP contribution < -0.4 is 9.04 Å². The molecule has 2 rings (SSSR count). The Kier molecular flexibility index (Phi) is 3.94. The minimum Gasteiger partial charge on any atom is -0.495 e. The van der Waals surface area contributed by atoms with Crippen molar-refractivity contribution < 1.29 is 26.4 Å². The molecule has 0 unspecified atom stereocenters. The molecule has 1 aromatic rings. The van der Waals surface area contributed by atoms with E-state index in [1.165, 1.54) is 26.2 Å². The van der Waals surface area contributed by atoms with Crippen molar-refractivity contribution in [1.82, 2.24) is 0 Å². The largest absolute Gasteiger partial charge is 0.495 e. The Labute approximate surface area is 126 Å². The number of nitrogens with zero attached hydrogens (tertiary/aromatic N) is 1. The summed E-state index contributed by atoms with van der Waals surface area (Å²) in [4.78, 5) is 11.6. The van der Waals surface area contributed by atoms with E-state index in [1.54, 1.807) is 0 Å². The molecule has 1 atom stereocenters. The third-order valence-corrected chi connectivity index (χ3v) is 6.22. The number of hydrogen-bond acceptors (Lipinski definition) is 6. The van der Waals surface area contributed by atoms with E-state index >= 15 is 0 Å². The molecule has 0 spiro atoms. The molecule has 1 aliphatic rings. The lowest BCUT2D eigenvalue weighted by atomic mass is 10.2. The van der Waals surface area contributed by atoms with E-state index in [-0.39, 0.29) is 17.2 Å². The fraction of sp³-hybridized carbons (Fsp3) is 0.364. The van der Waals surface area contributed by atoms with Crippen LogP contribution in [0.15, 0.2) is 23.1 Å². The molecule has 0 radical (unpaired) electrons. The van der Waals surface area contributed by atoms with Crippen LogP contribution in [0.25, 0.3) is 0 Å². The number of rotatable bonds is 3. The van der Waals surface area contributed by atoms with Gasteiger partial charge in [-0.1, -0.05) is 6.92 Å². The summed E-state index contributed by atoms with van der Waals surface area (Å²) in [6, 6.07) is 3.54. The van der Waals surface area contributed by atoms with Crippen molar-refractivity contribution in [3.8, 4) is 5.75 Å². The summed E-state index contributed by atoms with van der Waals surface area (Å²) in [6.45, 7) is 1.49. The Hall–Kier alpha value is -1.32. The summed E-state index contributed by atoms with van der Waals surface area (Å²) in [5.41, 5.74) is -0.0793. The van der Waals surface area contributed by atoms with Crippen molar-refractivity contribution in [2.24, 2.45) is 5.92 Å². The lowest BCUT2D eigenvalue weighted by Crippen LogP contribution is -2.30. The van der Waals surface area contributed by atoms with Gasteiger partial charge in [-0.05, 0) is 18.2 Å². The molecular formula is C11H12ClNO6S2. The molecule has 1 aliphatic heterocycles. The van der Waals surface area contributed by atoms with E-state index in [1.807, 2.05) is 0 Å². The zero-order valence-corrected chi connectivity index (χ0v) is 13.5. The maximum atomic E-state index is 12.0. The molecular weight excluding hydrogens is 342 g/mol. The monoisotopic (exact) mass is 353 g/mol. The molecule has 0 N–H and O–H groups in total. The van der Waals surface area contributed by atoms with Crippen LogP contribution in [0.5, 0.6) is 5.75 Å². The van der Waals surface area contributed by atoms with Gasteiger partial charge in [0.1, 0.15) is 10.6 Å². The first kappa shape index (κ1) is 16.1. The van der Waals surface area contributed by atoms with Crippen LogP contribution in [0, 0.1) is 5.92 Å². The molecule has 0 aromatic heterocycles. The van der Waals surface area contributed by atoms with Gasteiger partial charge in [-0.2, -0.15) is 0 Å². The standard InChI is InChI=1S/C11H12ClNO6S2/c1-7-6-20(15,16)13(11(7)14)8-3-4-9(19-2)10(5-8)21(12,17)18/h3-5,7H,6H2,1-2H3/t7-/m1/s1. The molecule has 0 bridgehead atoms. The maximum Gasteiger partial charge on any atom is 0.265 e. The third-order valence-electron chi connectivity index (χ3n) is 3.00. The number of ether oxygens (including phenoxy) is 1. The van der Waals surface area contributed by atoms with Crippen molar-refractivity contribution >= 4 is 41.4 Å². The highest BCUT2D eigenvalue weighted by atomic mass is 35.7. The SMILES string of the molecule is COc1ccc(N2C(=O)[C@H](C)CS2(=O)=O)cc1S(=O)(=O)Cl. The molecule has 10 heteroatoms. The molecule has 7 nitrogen and oxygen atoms in total. The van der Waals surface area contributed by atoms with Gasteiger partial charge >= 0.3 is 0 Å². The predicted octanol–water partition coefficient (Wildman–Crippen LogP) is 0.935. The Bertz CT molecular complexity index is 802. The Morgan fingerprint density at radius 3 is 2.43 bits per heavy atom. The van der Waals surface area contributed by atoms with E-state index in [0.717, 1.165) is 6.07 Å². The van der Waals surface area contributed by atoms with Crippen molar-refractivity contribution in [2.45, 2.75) is 11.8 Å². The minimum absolute atomic E-state index is 0.0363. The second kappa shape index (κ2) is 5.15. The molecule has 1 fully saturated rings. The zero-order valence-electron chi connectivity index (χ0n) is 11.1. The summed E-state index contributed by atoms with van der Waals surface area (Å²) in [6.07, 6.45) is 0. The predicted molar refractivity (Wildman–Crippen MR) is 76.5 cm³/mol. The van der Waals surface area contributed by atoms with Crippen LogP contribution in [-0.2, 0) is 23.9 Å². The number of hydrogen-bond donors (Lipinski definition) is 0. The van der Waals surface area contributed by atoms with Crippen LogP contribution in [0.4, 0.5) is 5.69 Å². The lowest BCUT2D eigenvalue weighted by Gasteiger charge is -2.17. The normalized spacial score (nSPS) is 21.6. The quantitative estimate of drug-likeness (QED) is 0.750. The topological polar surface area (TPSA) is 97.8 Å². The van der Waals surface area contributed by atoms with Gasteiger partial charge < -0.3 is 4.74 Å². The van der Waals surface area contributed by atoms with Crippen molar-refractivity contribution in [3.63, 3.8) is 0 Å². The second-order valence-corrected chi connectivity index (χ2v) is 8.95. The highest BCUT2D eigenvalue weighted by Crippen LogP contribution is 2.34. The summed E-state index contributed by atoms with van der Waals surface area (Å²) in [7, 11) is -1.42. The van der Waals surface area contributed by atoms with Gasteiger partial charge in [0.2, 0.25) is 15.9 Å². The number of anilines is 1. The van der Waals surface area contributed by atoms with E-state index in [9.17, 15) is 21.6 Å². The second-order valence-electron chi connectivity index (χ2n) is 4.56. The van der Waals surface area contributed by atoms with Gasteiger partial charge in [-0.15, -0.1) is 0 Å². The summed E-state index contributed by atoms with van der Waals surface area (Å²) >= 11 is 0. The third kappa shape index (κ3) is 2.85. The van der Waals surface area contributed by atoms with Gasteiger partial charge in [-0.25, -0.2) is 21.1 Å². The fourth-order valence-corrected chi connectivity index (χ4v) is 4.90. The van der Waals surface area contributed by atoms with Crippen molar-refractivity contribution in [3.05, 3.63) is 18.2 Å².